The Kier molecular flexibility index (Phi) is 2.49. The van der Waals surface area contributed by atoms with Gasteiger partial charge in [-0.1, -0.05) is 0 Å². The van der Waals surface area contributed by atoms with Gasteiger partial charge in [0.05, 0.1) is 6.04 Å². The molecular formula is C12H14FNO. The van der Waals surface area contributed by atoms with Crippen LogP contribution in [0.3, 0.4) is 0 Å². The lowest BCUT2D eigenvalue weighted by atomic mass is 10.1. The van der Waals surface area contributed by atoms with Gasteiger partial charge in [-0.3, -0.25) is 0 Å². The fourth-order valence-electron chi connectivity index (χ4n) is 1.66. The first-order valence-corrected chi connectivity index (χ1v) is 4.98. The van der Waals surface area contributed by atoms with Crippen LogP contribution in [-0.2, 0) is 0 Å². The average Bonchev–Trinajstić information content (AvgIpc) is 2.60. The van der Waals surface area contributed by atoms with Gasteiger partial charge >= 0.3 is 0 Å². The van der Waals surface area contributed by atoms with E-state index in [4.69, 9.17) is 4.42 Å². The smallest absolute Gasteiger partial charge is 0.137 e. The summed E-state index contributed by atoms with van der Waals surface area (Å²) in [6.07, 6.45) is 0. The predicted molar refractivity (Wildman–Crippen MR) is 58.4 cm³/mol. The van der Waals surface area contributed by atoms with E-state index in [2.05, 4.69) is 5.32 Å². The van der Waals surface area contributed by atoms with E-state index in [0.717, 1.165) is 22.3 Å². The van der Waals surface area contributed by atoms with E-state index in [-0.39, 0.29) is 11.9 Å². The van der Waals surface area contributed by atoms with Crippen LogP contribution < -0.4 is 5.32 Å². The van der Waals surface area contributed by atoms with Crippen LogP contribution in [0.4, 0.5) is 4.39 Å². The Morgan fingerprint density at radius 2 is 2.07 bits per heavy atom. The largest absolute Gasteiger partial charge is 0.459 e. The molecule has 0 aliphatic rings. The zero-order valence-corrected chi connectivity index (χ0v) is 9.10. The highest BCUT2D eigenvalue weighted by molar-refractivity contribution is 5.81. The van der Waals surface area contributed by atoms with Gasteiger partial charge in [0.2, 0.25) is 0 Å². The maximum Gasteiger partial charge on any atom is 0.137 e. The van der Waals surface area contributed by atoms with Gasteiger partial charge in [-0.15, -0.1) is 0 Å². The highest BCUT2D eigenvalue weighted by Gasteiger charge is 2.11. The number of hydrogen-bond donors (Lipinski definition) is 1. The molecule has 0 bridgehead atoms. The second-order valence-electron chi connectivity index (χ2n) is 3.80. The molecular weight excluding hydrogens is 193 g/mol. The Balaban J connectivity index is 2.60. The molecule has 2 nitrogen and oxygen atoms in total. The van der Waals surface area contributed by atoms with Crippen molar-refractivity contribution < 1.29 is 8.81 Å². The minimum absolute atomic E-state index is 0.139. The number of aryl methyl sites for hydroxylation is 1. The minimum atomic E-state index is -0.218. The molecule has 1 N–H and O–H groups in total. The molecule has 1 aromatic carbocycles. The summed E-state index contributed by atoms with van der Waals surface area (Å²) in [6, 6.07) is 5.00. The van der Waals surface area contributed by atoms with Gasteiger partial charge < -0.3 is 9.73 Å². The van der Waals surface area contributed by atoms with E-state index in [1.54, 1.807) is 0 Å². The first-order valence-electron chi connectivity index (χ1n) is 4.98. The molecule has 15 heavy (non-hydrogen) atoms. The van der Waals surface area contributed by atoms with Crippen molar-refractivity contribution in [3.8, 4) is 0 Å². The summed E-state index contributed by atoms with van der Waals surface area (Å²) in [6.45, 7) is 3.85. The van der Waals surface area contributed by atoms with E-state index in [1.807, 2.05) is 27.0 Å². The van der Waals surface area contributed by atoms with Gasteiger partial charge in [-0.2, -0.15) is 0 Å². The fraction of sp³-hybridized carbons (Fsp3) is 0.333. The van der Waals surface area contributed by atoms with Gasteiger partial charge in [-0.05, 0) is 44.7 Å². The standard InChI is InChI=1S/C12H14FNO/c1-7-4-10(13)5-9-6-11(8(2)14-3)15-12(7)9/h4-6,8,14H,1-3H3. The number of nitrogens with one attached hydrogen (secondary N) is 1. The lowest BCUT2D eigenvalue weighted by Gasteiger charge is -2.04. The van der Waals surface area contributed by atoms with Crippen molar-refractivity contribution in [3.05, 3.63) is 35.3 Å². The molecule has 0 amide bonds. The third kappa shape index (κ3) is 1.75. The topological polar surface area (TPSA) is 25.2 Å². The monoisotopic (exact) mass is 207 g/mol. The second kappa shape index (κ2) is 3.66. The lowest BCUT2D eigenvalue weighted by Crippen LogP contribution is -2.10. The van der Waals surface area contributed by atoms with Crippen molar-refractivity contribution in [1.29, 1.82) is 0 Å². The van der Waals surface area contributed by atoms with Gasteiger partial charge in [0.1, 0.15) is 17.2 Å². The van der Waals surface area contributed by atoms with Crippen molar-refractivity contribution in [2.75, 3.05) is 7.05 Å². The summed E-state index contributed by atoms with van der Waals surface area (Å²) >= 11 is 0. The molecule has 0 radical (unpaired) electrons. The summed E-state index contributed by atoms with van der Waals surface area (Å²) < 4.78 is 18.8. The van der Waals surface area contributed by atoms with Crippen LogP contribution in [0.2, 0.25) is 0 Å². The third-order valence-electron chi connectivity index (χ3n) is 2.65. The second-order valence-corrected chi connectivity index (χ2v) is 3.80. The molecule has 1 aromatic heterocycles. The predicted octanol–water partition coefficient (Wildman–Crippen LogP) is 3.16. The maximum absolute atomic E-state index is 13.1. The van der Waals surface area contributed by atoms with Gasteiger partial charge in [0.25, 0.3) is 0 Å². The number of benzene rings is 1. The number of hydrogen-bond acceptors (Lipinski definition) is 2. The fourth-order valence-corrected chi connectivity index (χ4v) is 1.66. The molecule has 0 spiro atoms. The average molecular weight is 207 g/mol. The quantitative estimate of drug-likeness (QED) is 0.818. The van der Waals surface area contributed by atoms with Crippen LogP contribution >= 0.6 is 0 Å². The summed E-state index contributed by atoms with van der Waals surface area (Å²) in [5, 5.41) is 3.91. The summed E-state index contributed by atoms with van der Waals surface area (Å²) in [5.41, 5.74) is 1.60. The minimum Gasteiger partial charge on any atom is -0.459 e. The van der Waals surface area contributed by atoms with Crippen LogP contribution in [0, 0.1) is 12.7 Å². The number of halogens is 1. The van der Waals surface area contributed by atoms with E-state index < -0.39 is 0 Å². The normalized spacial score (nSPS) is 13.3. The molecule has 0 fully saturated rings. The van der Waals surface area contributed by atoms with E-state index in [9.17, 15) is 4.39 Å². The number of fused-ring (bicyclic) bond motifs is 1. The molecule has 0 saturated heterocycles. The molecule has 3 heteroatoms. The summed E-state index contributed by atoms with van der Waals surface area (Å²) in [7, 11) is 1.87. The Morgan fingerprint density at radius 1 is 1.33 bits per heavy atom. The number of furan rings is 1. The maximum atomic E-state index is 13.1. The van der Waals surface area contributed by atoms with E-state index in [1.165, 1.54) is 12.1 Å². The van der Waals surface area contributed by atoms with Crippen LogP contribution in [0.1, 0.15) is 24.3 Å². The SMILES string of the molecule is CNC(C)c1cc2cc(F)cc(C)c2o1. The highest BCUT2D eigenvalue weighted by Crippen LogP contribution is 2.27. The lowest BCUT2D eigenvalue weighted by molar-refractivity contribution is 0.474. The van der Waals surface area contributed by atoms with Crippen LogP contribution in [0.25, 0.3) is 11.0 Å². The van der Waals surface area contributed by atoms with Crippen molar-refractivity contribution in [2.45, 2.75) is 19.9 Å². The molecule has 1 heterocycles. The van der Waals surface area contributed by atoms with Crippen molar-refractivity contribution >= 4 is 11.0 Å². The molecule has 1 atom stereocenters. The van der Waals surface area contributed by atoms with Crippen molar-refractivity contribution in [1.82, 2.24) is 5.32 Å². The first kappa shape index (κ1) is 10.2. The Labute approximate surface area is 88.1 Å². The highest BCUT2D eigenvalue weighted by atomic mass is 19.1. The first-order chi connectivity index (χ1) is 7.11. The molecule has 0 aliphatic heterocycles. The van der Waals surface area contributed by atoms with Crippen LogP contribution in [0.15, 0.2) is 22.6 Å². The van der Waals surface area contributed by atoms with E-state index >= 15 is 0 Å². The molecule has 1 unspecified atom stereocenters. The Morgan fingerprint density at radius 3 is 2.73 bits per heavy atom. The van der Waals surface area contributed by atoms with Crippen molar-refractivity contribution in [2.24, 2.45) is 0 Å². The number of rotatable bonds is 2. The zero-order chi connectivity index (χ0) is 11.0. The van der Waals surface area contributed by atoms with Gasteiger partial charge in [-0.25, -0.2) is 4.39 Å². The molecule has 2 rings (SSSR count). The Hall–Kier alpha value is -1.35. The zero-order valence-electron chi connectivity index (χ0n) is 9.10. The van der Waals surface area contributed by atoms with Crippen LogP contribution in [-0.4, -0.2) is 7.05 Å². The molecule has 0 aliphatic carbocycles. The van der Waals surface area contributed by atoms with Gasteiger partial charge in [0.15, 0.2) is 0 Å². The van der Waals surface area contributed by atoms with E-state index in [0.29, 0.717) is 0 Å². The molecule has 0 saturated carbocycles. The molecule has 2 aromatic rings. The third-order valence-corrected chi connectivity index (χ3v) is 2.65. The van der Waals surface area contributed by atoms with Crippen LogP contribution in [0.5, 0.6) is 0 Å². The molecule has 80 valence electrons. The summed E-state index contributed by atoms with van der Waals surface area (Å²) in [4.78, 5) is 0. The van der Waals surface area contributed by atoms with Crippen molar-refractivity contribution in [3.63, 3.8) is 0 Å². The summed E-state index contributed by atoms with van der Waals surface area (Å²) in [5.74, 6) is 0.616. The van der Waals surface area contributed by atoms with Gasteiger partial charge in [0, 0.05) is 5.39 Å². The Bertz CT molecular complexity index is 490.